The lowest BCUT2D eigenvalue weighted by Gasteiger charge is -2.36. The van der Waals surface area contributed by atoms with Crippen molar-refractivity contribution in [1.29, 1.82) is 0 Å². The van der Waals surface area contributed by atoms with Crippen molar-refractivity contribution in [3.05, 3.63) is 0 Å². The van der Waals surface area contributed by atoms with Crippen LogP contribution < -0.4 is 5.32 Å². The summed E-state index contributed by atoms with van der Waals surface area (Å²) in [5.41, 5.74) is 0.269. The number of rotatable bonds is 3. The van der Waals surface area contributed by atoms with Crippen LogP contribution in [-0.2, 0) is 0 Å². The smallest absolute Gasteiger partial charge is 0.0121 e. The molecule has 0 radical (unpaired) electrons. The Morgan fingerprint density at radius 2 is 1.83 bits per heavy atom. The van der Waals surface area contributed by atoms with Crippen LogP contribution >= 0.6 is 0 Å². The zero-order valence-electron chi connectivity index (χ0n) is 12.8. The van der Waals surface area contributed by atoms with E-state index in [1.807, 2.05) is 0 Å². The Morgan fingerprint density at radius 1 is 1.11 bits per heavy atom. The predicted octanol–water partition coefficient (Wildman–Crippen LogP) is 3.28. The van der Waals surface area contributed by atoms with Gasteiger partial charge in [-0.15, -0.1) is 0 Å². The first-order chi connectivity index (χ1) is 8.46. The van der Waals surface area contributed by atoms with E-state index >= 15 is 0 Å². The number of nitrogens with zero attached hydrogens (tertiary/aromatic N) is 1. The van der Waals surface area contributed by atoms with Crippen molar-refractivity contribution >= 4 is 0 Å². The lowest BCUT2D eigenvalue weighted by Crippen LogP contribution is -2.42. The summed E-state index contributed by atoms with van der Waals surface area (Å²) < 4.78 is 0. The van der Waals surface area contributed by atoms with Crippen LogP contribution in [-0.4, -0.2) is 36.1 Å². The normalized spacial score (nSPS) is 35.0. The third-order valence-electron chi connectivity index (χ3n) is 4.77. The van der Waals surface area contributed by atoms with Gasteiger partial charge in [-0.2, -0.15) is 0 Å². The fourth-order valence-electron chi connectivity index (χ4n) is 3.62. The van der Waals surface area contributed by atoms with E-state index in [0.29, 0.717) is 0 Å². The van der Waals surface area contributed by atoms with Crippen LogP contribution in [0.3, 0.4) is 0 Å². The van der Waals surface area contributed by atoms with Gasteiger partial charge in [0.2, 0.25) is 0 Å². The molecular weight excluding hydrogens is 220 g/mol. The van der Waals surface area contributed by atoms with Crippen LogP contribution in [0.1, 0.15) is 59.8 Å². The minimum Gasteiger partial charge on any atom is -0.312 e. The van der Waals surface area contributed by atoms with Crippen molar-refractivity contribution in [3.63, 3.8) is 0 Å². The van der Waals surface area contributed by atoms with Gasteiger partial charge in [0.1, 0.15) is 0 Å². The van der Waals surface area contributed by atoms with Crippen molar-refractivity contribution in [2.75, 3.05) is 19.6 Å². The van der Waals surface area contributed by atoms with Crippen molar-refractivity contribution < 1.29 is 0 Å². The Labute approximate surface area is 114 Å². The summed E-state index contributed by atoms with van der Waals surface area (Å²) in [6, 6.07) is 0.887. The van der Waals surface area contributed by atoms with Gasteiger partial charge in [0.05, 0.1) is 0 Å². The van der Waals surface area contributed by atoms with E-state index in [4.69, 9.17) is 0 Å². The van der Waals surface area contributed by atoms with Gasteiger partial charge in [-0.1, -0.05) is 19.8 Å². The lowest BCUT2D eigenvalue weighted by atomic mass is 9.85. The van der Waals surface area contributed by atoms with Crippen LogP contribution in [0.15, 0.2) is 0 Å². The third kappa shape index (κ3) is 3.96. The van der Waals surface area contributed by atoms with Gasteiger partial charge in [0.25, 0.3) is 0 Å². The maximum Gasteiger partial charge on any atom is 0.0121 e. The topological polar surface area (TPSA) is 15.3 Å². The lowest BCUT2D eigenvalue weighted by molar-refractivity contribution is 0.133. The molecule has 0 aromatic carbocycles. The summed E-state index contributed by atoms with van der Waals surface area (Å²) in [4.78, 5) is 2.79. The van der Waals surface area contributed by atoms with Gasteiger partial charge in [-0.3, -0.25) is 4.90 Å². The molecule has 1 saturated carbocycles. The second-order valence-electron chi connectivity index (χ2n) is 7.61. The molecule has 1 N–H and O–H groups in total. The largest absolute Gasteiger partial charge is 0.312 e. The molecule has 2 fully saturated rings. The Balaban J connectivity index is 1.77. The first kappa shape index (κ1) is 14.3. The van der Waals surface area contributed by atoms with Crippen molar-refractivity contribution in [1.82, 2.24) is 10.2 Å². The van der Waals surface area contributed by atoms with E-state index in [1.165, 1.54) is 51.7 Å². The molecule has 1 heterocycles. The molecule has 3 atom stereocenters. The highest BCUT2D eigenvalue weighted by molar-refractivity contribution is 4.87. The number of hydrogen-bond acceptors (Lipinski definition) is 2. The van der Waals surface area contributed by atoms with E-state index in [9.17, 15) is 0 Å². The molecular formula is C16H32N2. The van der Waals surface area contributed by atoms with Crippen molar-refractivity contribution in [2.24, 2.45) is 11.8 Å². The van der Waals surface area contributed by atoms with E-state index in [0.717, 1.165) is 17.9 Å². The van der Waals surface area contributed by atoms with Crippen LogP contribution in [0, 0.1) is 11.8 Å². The molecule has 0 bridgehead atoms. The maximum absolute atomic E-state index is 3.67. The van der Waals surface area contributed by atoms with Gasteiger partial charge in [0, 0.05) is 18.1 Å². The second kappa shape index (κ2) is 5.92. The first-order valence-corrected chi connectivity index (χ1v) is 7.95. The first-order valence-electron chi connectivity index (χ1n) is 7.95. The molecule has 0 aromatic heterocycles. The highest BCUT2D eigenvalue weighted by Gasteiger charge is 2.32. The summed E-state index contributed by atoms with van der Waals surface area (Å²) in [6.07, 6.45) is 7.20. The zero-order chi connectivity index (χ0) is 13.2. The summed E-state index contributed by atoms with van der Waals surface area (Å²) >= 11 is 0. The van der Waals surface area contributed by atoms with Crippen LogP contribution in [0.2, 0.25) is 0 Å². The number of likely N-dealkylation sites (tertiary alicyclic amines) is 1. The summed E-state index contributed by atoms with van der Waals surface area (Å²) in [6.45, 7) is 13.1. The molecule has 0 aromatic rings. The molecule has 1 aliphatic carbocycles. The Kier molecular flexibility index (Phi) is 4.71. The minimum absolute atomic E-state index is 0.269. The monoisotopic (exact) mass is 252 g/mol. The Morgan fingerprint density at radius 3 is 2.50 bits per heavy atom. The van der Waals surface area contributed by atoms with E-state index in [-0.39, 0.29) is 5.54 Å². The van der Waals surface area contributed by atoms with Crippen LogP contribution in [0.4, 0.5) is 0 Å². The minimum atomic E-state index is 0.269. The summed E-state index contributed by atoms with van der Waals surface area (Å²) in [5.74, 6) is 1.80. The van der Waals surface area contributed by atoms with Gasteiger partial charge in [-0.25, -0.2) is 0 Å². The van der Waals surface area contributed by atoms with E-state index in [2.05, 4.69) is 37.9 Å². The molecule has 18 heavy (non-hydrogen) atoms. The molecule has 1 saturated heterocycles. The predicted molar refractivity (Wildman–Crippen MR) is 78.9 cm³/mol. The molecule has 0 amide bonds. The molecule has 2 heteroatoms. The molecule has 2 aliphatic rings. The Hall–Kier alpha value is -0.0800. The fraction of sp³-hybridized carbons (Fsp3) is 1.00. The second-order valence-corrected chi connectivity index (χ2v) is 7.61. The molecule has 0 spiro atoms. The molecule has 2 rings (SSSR count). The third-order valence-corrected chi connectivity index (χ3v) is 4.77. The number of nitrogens with one attached hydrogen (secondary N) is 1. The summed E-state index contributed by atoms with van der Waals surface area (Å²) in [5, 5.41) is 3.67. The van der Waals surface area contributed by atoms with E-state index < -0.39 is 0 Å². The SMILES string of the molecule is CC1CCCCC1N1CCC(CNC(C)(C)C)C1. The average Bonchev–Trinajstić information content (AvgIpc) is 2.75. The van der Waals surface area contributed by atoms with Gasteiger partial charge in [-0.05, 0) is 65.0 Å². The van der Waals surface area contributed by atoms with Gasteiger partial charge in [0.15, 0.2) is 0 Å². The number of hydrogen-bond donors (Lipinski definition) is 1. The standard InChI is InChI=1S/C16H32N2/c1-13-7-5-6-8-15(13)18-10-9-14(12-18)11-17-16(2,3)4/h13-15,17H,5-12H2,1-4H3. The quantitative estimate of drug-likeness (QED) is 0.829. The summed E-state index contributed by atoms with van der Waals surface area (Å²) in [7, 11) is 0. The van der Waals surface area contributed by atoms with Gasteiger partial charge < -0.3 is 5.32 Å². The molecule has 1 aliphatic heterocycles. The zero-order valence-corrected chi connectivity index (χ0v) is 12.8. The highest BCUT2D eigenvalue weighted by Crippen LogP contribution is 2.31. The van der Waals surface area contributed by atoms with Crippen molar-refractivity contribution in [2.45, 2.75) is 71.4 Å². The van der Waals surface area contributed by atoms with Crippen LogP contribution in [0.25, 0.3) is 0 Å². The van der Waals surface area contributed by atoms with Gasteiger partial charge >= 0.3 is 0 Å². The molecule has 106 valence electrons. The van der Waals surface area contributed by atoms with Crippen molar-refractivity contribution in [3.8, 4) is 0 Å². The fourth-order valence-corrected chi connectivity index (χ4v) is 3.62. The highest BCUT2D eigenvalue weighted by atomic mass is 15.2. The maximum atomic E-state index is 3.67. The van der Waals surface area contributed by atoms with Crippen LogP contribution in [0.5, 0.6) is 0 Å². The Bertz CT molecular complexity index is 256. The van der Waals surface area contributed by atoms with E-state index in [1.54, 1.807) is 0 Å². The average molecular weight is 252 g/mol. The molecule has 2 nitrogen and oxygen atoms in total. The molecule has 3 unspecified atom stereocenters.